The second-order valence-corrected chi connectivity index (χ2v) is 9.36. The Hall–Kier alpha value is -3.29. The predicted octanol–water partition coefficient (Wildman–Crippen LogP) is 5.46. The minimum Gasteiger partial charge on any atom is -0.331 e. The molecule has 0 unspecified atom stereocenters. The summed E-state index contributed by atoms with van der Waals surface area (Å²) in [5, 5.41) is 6.73. The van der Waals surface area contributed by atoms with Crippen LogP contribution in [-0.2, 0) is 17.8 Å². The van der Waals surface area contributed by atoms with Gasteiger partial charge >= 0.3 is 0 Å². The Morgan fingerprint density at radius 3 is 2.94 bits per heavy atom. The number of pyridine rings is 1. The lowest BCUT2D eigenvalue weighted by Gasteiger charge is -2.21. The fourth-order valence-electron chi connectivity index (χ4n) is 4.58. The summed E-state index contributed by atoms with van der Waals surface area (Å²) in [6, 6.07) is 14.6. The van der Waals surface area contributed by atoms with E-state index in [2.05, 4.69) is 31.2 Å². The molecule has 2 aromatic heterocycles. The number of hydrogen-bond acceptors (Lipinski definition) is 4. The number of imidazole rings is 1. The third kappa shape index (κ3) is 5.52. The van der Waals surface area contributed by atoms with Gasteiger partial charge in [-0.3, -0.25) is 4.79 Å². The van der Waals surface area contributed by atoms with Gasteiger partial charge in [0.15, 0.2) is 0 Å². The SMILES string of the molecule is O=C(Nc1cc(-c2ccc3ncn(CCCc4cccc(F)c4)c3c2)c(Cl)cn1)[C@@H]1CCCNC1. The summed E-state index contributed by atoms with van der Waals surface area (Å²) in [6.07, 6.45) is 6.92. The topological polar surface area (TPSA) is 71.8 Å². The van der Waals surface area contributed by atoms with Crippen molar-refractivity contribution in [3.05, 3.63) is 77.5 Å². The summed E-state index contributed by atoms with van der Waals surface area (Å²) < 4.78 is 15.6. The third-order valence-corrected chi connectivity index (χ3v) is 6.76. The fraction of sp³-hybridized carbons (Fsp3) is 0.296. The highest BCUT2D eigenvalue weighted by molar-refractivity contribution is 6.33. The number of nitrogens with one attached hydrogen (secondary N) is 2. The van der Waals surface area contributed by atoms with Crippen molar-refractivity contribution >= 4 is 34.4 Å². The van der Waals surface area contributed by atoms with Crippen LogP contribution in [0.3, 0.4) is 0 Å². The fourth-order valence-corrected chi connectivity index (χ4v) is 4.79. The van der Waals surface area contributed by atoms with Gasteiger partial charge in [-0.2, -0.15) is 0 Å². The summed E-state index contributed by atoms with van der Waals surface area (Å²) in [4.78, 5) is 21.5. The Labute approximate surface area is 208 Å². The number of hydrogen-bond donors (Lipinski definition) is 2. The number of rotatable bonds is 7. The lowest BCUT2D eigenvalue weighted by atomic mass is 9.99. The van der Waals surface area contributed by atoms with E-state index in [1.807, 2.05) is 30.6 Å². The van der Waals surface area contributed by atoms with E-state index in [-0.39, 0.29) is 17.6 Å². The van der Waals surface area contributed by atoms with E-state index in [1.165, 1.54) is 6.07 Å². The van der Waals surface area contributed by atoms with Gasteiger partial charge in [-0.15, -0.1) is 0 Å². The van der Waals surface area contributed by atoms with Gasteiger partial charge in [0.1, 0.15) is 11.6 Å². The lowest BCUT2D eigenvalue weighted by Crippen LogP contribution is -2.37. The molecule has 8 heteroatoms. The average molecular weight is 492 g/mol. The van der Waals surface area contributed by atoms with Crippen LogP contribution in [0.4, 0.5) is 10.2 Å². The zero-order chi connectivity index (χ0) is 24.2. The van der Waals surface area contributed by atoms with Crippen molar-refractivity contribution in [2.45, 2.75) is 32.2 Å². The highest BCUT2D eigenvalue weighted by atomic mass is 35.5. The number of halogens is 2. The summed E-state index contributed by atoms with van der Waals surface area (Å²) >= 11 is 6.51. The first-order chi connectivity index (χ1) is 17.1. The van der Waals surface area contributed by atoms with Gasteiger partial charge in [-0.05, 0) is 73.7 Å². The number of fused-ring (bicyclic) bond motifs is 1. The quantitative estimate of drug-likeness (QED) is 0.360. The molecule has 1 aliphatic rings. The van der Waals surface area contributed by atoms with Crippen LogP contribution in [0.1, 0.15) is 24.8 Å². The molecule has 1 amide bonds. The van der Waals surface area contributed by atoms with Crippen LogP contribution in [0.2, 0.25) is 5.02 Å². The number of piperidine rings is 1. The van der Waals surface area contributed by atoms with Crippen LogP contribution < -0.4 is 10.6 Å². The Kier molecular flexibility index (Phi) is 7.06. The Bertz CT molecular complexity index is 1350. The number of nitrogens with zero attached hydrogens (tertiary/aromatic N) is 3. The summed E-state index contributed by atoms with van der Waals surface area (Å²) in [5.41, 5.74) is 4.59. The molecule has 0 bridgehead atoms. The van der Waals surface area contributed by atoms with Crippen molar-refractivity contribution < 1.29 is 9.18 Å². The monoisotopic (exact) mass is 491 g/mol. The molecule has 1 fully saturated rings. The zero-order valence-electron chi connectivity index (χ0n) is 19.3. The molecular formula is C27H27ClFN5O. The molecule has 3 heterocycles. The minimum absolute atomic E-state index is 0.0233. The van der Waals surface area contributed by atoms with Crippen LogP contribution in [0.25, 0.3) is 22.2 Å². The molecule has 35 heavy (non-hydrogen) atoms. The molecule has 0 aliphatic carbocycles. The molecule has 2 aromatic carbocycles. The van der Waals surface area contributed by atoms with Crippen LogP contribution >= 0.6 is 11.6 Å². The number of carbonyl (C=O) groups is 1. The van der Waals surface area contributed by atoms with Crippen molar-refractivity contribution in [3.63, 3.8) is 0 Å². The van der Waals surface area contributed by atoms with Gasteiger partial charge in [0, 0.05) is 24.8 Å². The number of anilines is 1. The largest absolute Gasteiger partial charge is 0.331 e. The first-order valence-corrected chi connectivity index (χ1v) is 12.3. The molecule has 180 valence electrons. The van der Waals surface area contributed by atoms with Crippen molar-refractivity contribution in [3.8, 4) is 11.1 Å². The Balaban J connectivity index is 1.33. The maximum atomic E-state index is 13.5. The first kappa shape index (κ1) is 23.5. The van der Waals surface area contributed by atoms with Gasteiger partial charge in [0.2, 0.25) is 5.91 Å². The number of amides is 1. The molecule has 4 aromatic rings. The van der Waals surface area contributed by atoms with Gasteiger partial charge < -0.3 is 15.2 Å². The number of benzene rings is 2. The number of carbonyl (C=O) groups excluding carboxylic acids is 1. The summed E-state index contributed by atoms with van der Waals surface area (Å²) in [5.74, 6) is 0.205. The first-order valence-electron chi connectivity index (χ1n) is 11.9. The standard InChI is InChI=1S/C27H27ClFN5O/c28-23-16-31-26(33-27(35)20-6-2-10-30-15-20)14-22(23)19-8-9-24-25(13-19)34(17-32-24)11-3-5-18-4-1-7-21(29)12-18/h1,4,7-9,12-14,16-17,20,30H,2-3,5-6,10-11,15H2,(H,31,33,35)/t20-/m1/s1. The molecule has 5 rings (SSSR count). The normalized spacial score (nSPS) is 15.9. The smallest absolute Gasteiger partial charge is 0.229 e. The molecule has 1 aliphatic heterocycles. The number of aryl methyl sites for hydroxylation is 2. The lowest BCUT2D eigenvalue weighted by molar-refractivity contribution is -0.120. The van der Waals surface area contributed by atoms with Crippen molar-refractivity contribution in [2.24, 2.45) is 5.92 Å². The second kappa shape index (κ2) is 10.5. The maximum absolute atomic E-state index is 13.5. The van der Waals surface area contributed by atoms with Crippen LogP contribution in [0.15, 0.2) is 61.1 Å². The van der Waals surface area contributed by atoms with E-state index >= 15 is 0 Å². The van der Waals surface area contributed by atoms with E-state index < -0.39 is 0 Å². The van der Waals surface area contributed by atoms with Crippen LogP contribution in [0.5, 0.6) is 0 Å². The summed E-state index contributed by atoms with van der Waals surface area (Å²) in [7, 11) is 0. The highest BCUT2D eigenvalue weighted by Crippen LogP contribution is 2.31. The van der Waals surface area contributed by atoms with Crippen LogP contribution in [-0.4, -0.2) is 33.5 Å². The third-order valence-electron chi connectivity index (χ3n) is 6.46. The van der Waals surface area contributed by atoms with E-state index in [0.717, 1.165) is 66.5 Å². The van der Waals surface area contributed by atoms with Gasteiger partial charge in [-0.25, -0.2) is 14.4 Å². The van der Waals surface area contributed by atoms with E-state index in [9.17, 15) is 9.18 Å². The molecule has 1 saturated heterocycles. The van der Waals surface area contributed by atoms with E-state index in [1.54, 1.807) is 18.3 Å². The van der Waals surface area contributed by atoms with Crippen LogP contribution in [0, 0.1) is 11.7 Å². The molecule has 1 atom stereocenters. The van der Waals surface area contributed by atoms with Gasteiger partial charge in [0.05, 0.1) is 28.3 Å². The van der Waals surface area contributed by atoms with Gasteiger partial charge in [0.25, 0.3) is 0 Å². The molecule has 2 N–H and O–H groups in total. The molecule has 6 nitrogen and oxygen atoms in total. The van der Waals surface area contributed by atoms with Crippen molar-refractivity contribution in [2.75, 3.05) is 18.4 Å². The van der Waals surface area contributed by atoms with E-state index in [4.69, 9.17) is 11.6 Å². The minimum atomic E-state index is -0.208. The molecular weight excluding hydrogens is 465 g/mol. The molecule has 0 spiro atoms. The highest BCUT2D eigenvalue weighted by Gasteiger charge is 2.21. The van der Waals surface area contributed by atoms with Crippen molar-refractivity contribution in [1.29, 1.82) is 0 Å². The maximum Gasteiger partial charge on any atom is 0.229 e. The second-order valence-electron chi connectivity index (χ2n) is 8.96. The molecule has 0 saturated carbocycles. The number of aromatic nitrogens is 3. The van der Waals surface area contributed by atoms with Crippen molar-refractivity contribution in [1.82, 2.24) is 19.9 Å². The molecule has 0 radical (unpaired) electrons. The zero-order valence-corrected chi connectivity index (χ0v) is 20.1. The van der Waals surface area contributed by atoms with E-state index in [0.29, 0.717) is 17.4 Å². The Morgan fingerprint density at radius 1 is 1.20 bits per heavy atom. The average Bonchev–Trinajstić information content (AvgIpc) is 3.28. The summed E-state index contributed by atoms with van der Waals surface area (Å²) in [6.45, 7) is 2.40. The van der Waals surface area contributed by atoms with Gasteiger partial charge in [-0.1, -0.05) is 29.8 Å². The Morgan fingerprint density at radius 2 is 2.11 bits per heavy atom. The predicted molar refractivity (Wildman–Crippen MR) is 137 cm³/mol.